The van der Waals surface area contributed by atoms with E-state index in [0.717, 1.165) is 13.0 Å². The van der Waals surface area contributed by atoms with E-state index in [9.17, 15) is 0 Å². The summed E-state index contributed by atoms with van der Waals surface area (Å²) in [6, 6.07) is 0. The van der Waals surface area contributed by atoms with E-state index in [0.29, 0.717) is 0 Å². The first-order valence-corrected chi connectivity index (χ1v) is 5.28. The zero-order valence-electron chi connectivity index (χ0n) is 8.98. The second kappa shape index (κ2) is 5.48. The van der Waals surface area contributed by atoms with Crippen LogP contribution in [0.25, 0.3) is 0 Å². The van der Waals surface area contributed by atoms with Crippen LogP contribution in [0.5, 0.6) is 0 Å². The molecule has 1 heterocycles. The summed E-state index contributed by atoms with van der Waals surface area (Å²) in [7, 11) is 0. The fourth-order valence-electron chi connectivity index (χ4n) is 1.51. The van der Waals surface area contributed by atoms with Gasteiger partial charge in [-0.25, -0.2) is 4.90 Å². The Morgan fingerprint density at radius 1 is 1.43 bits per heavy atom. The van der Waals surface area contributed by atoms with E-state index in [1.54, 1.807) is 11.2 Å². The molecule has 0 fully saturated rings. The topological polar surface area (TPSA) is 42.6 Å². The van der Waals surface area contributed by atoms with Crippen LogP contribution in [-0.4, -0.2) is 29.0 Å². The van der Waals surface area contributed by atoms with Gasteiger partial charge in [0.2, 0.25) is 0 Å². The summed E-state index contributed by atoms with van der Waals surface area (Å²) in [5, 5.41) is 14.9. The zero-order valence-corrected chi connectivity index (χ0v) is 8.98. The molecule has 1 aliphatic rings. The maximum Gasteiger partial charge on any atom is 0.187 e. The first-order valence-electron chi connectivity index (χ1n) is 5.28. The molecule has 0 spiro atoms. The quantitative estimate of drug-likeness (QED) is 0.496. The molecule has 0 aliphatic carbocycles. The summed E-state index contributed by atoms with van der Waals surface area (Å²) in [5.41, 5.74) is 0. The lowest BCUT2D eigenvalue weighted by molar-refractivity contribution is 0.175. The number of rotatable bonds is 5. The Labute approximate surface area is 85.8 Å². The van der Waals surface area contributed by atoms with Gasteiger partial charge in [0.15, 0.2) is 6.19 Å². The number of nitrogens with zero attached hydrogens (tertiary/aromatic N) is 4. The van der Waals surface area contributed by atoms with Gasteiger partial charge in [-0.2, -0.15) is 10.4 Å². The van der Waals surface area contributed by atoms with Crippen molar-refractivity contribution in [1.29, 1.82) is 5.26 Å². The molecule has 0 bridgehead atoms. The normalized spacial score (nSPS) is 20.2. The maximum atomic E-state index is 8.72. The third-order valence-corrected chi connectivity index (χ3v) is 2.51. The number of hydrogen-bond donors (Lipinski definition) is 0. The Balaban J connectivity index is 2.21. The molecule has 0 aromatic rings. The van der Waals surface area contributed by atoms with E-state index in [4.69, 9.17) is 5.26 Å². The van der Waals surface area contributed by atoms with Crippen LogP contribution in [0.15, 0.2) is 5.10 Å². The number of nitriles is 1. The van der Waals surface area contributed by atoms with Gasteiger partial charge in [-0.1, -0.05) is 26.2 Å². The Morgan fingerprint density at radius 3 is 2.79 bits per heavy atom. The molecule has 0 aromatic carbocycles. The second-order valence-electron chi connectivity index (χ2n) is 3.59. The van der Waals surface area contributed by atoms with Crippen molar-refractivity contribution in [2.24, 2.45) is 5.10 Å². The largest absolute Gasteiger partial charge is 0.272 e. The van der Waals surface area contributed by atoms with Gasteiger partial charge in [0.05, 0.1) is 0 Å². The molecule has 1 atom stereocenters. The summed E-state index contributed by atoms with van der Waals surface area (Å²) < 4.78 is 0. The van der Waals surface area contributed by atoms with Crippen molar-refractivity contribution >= 4 is 6.34 Å². The molecule has 1 aliphatic heterocycles. The minimum absolute atomic E-state index is 0.0987. The van der Waals surface area contributed by atoms with E-state index >= 15 is 0 Å². The van der Waals surface area contributed by atoms with Crippen LogP contribution >= 0.6 is 0 Å². The van der Waals surface area contributed by atoms with Gasteiger partial charge in [0.25, 0.3) is 0 Å². The number of unbranched alkanes of at least 4 members (excludes halogenated alkanes) is 3. The molecule has 4 heteroatoms. The molecular weight excluding hydrogens is 176 g/mol. The fraction of sp³-hybridized carbons (Fsp3) is 0.800. The van der Waals surface area contributed by atoms with Gasteiger partial charge in [0, 0.05) is 6.54 Å². The summed E-state index contributed by atoms with van der Waals surface area (Å²) in [4.78, 5) is 1.57. The molecule has 0 aromatic heterocycles. The number of hydrogen-bond acceptors (Lipinski definition) is 4. The highest BCUT2D eigenvalue weighted by molar-refractivity contribution is 5.59. The number of hydrazone groups is 1. The summed E-state index contributed by atoms with van der Waals surface area (Å²) >= 11 is 0. The van der Waals surface area contributed by atoms with Crippen molar-refractivity contribution in [3.8, 4) is 6.19 Å². The lowest BCUT2D eigenvalue weighted by Gasteiger charge is -2.22. The van der Waals surface area contributed by atoms with Crippen LogP contribution in [-0.2, 0) is 0 Å². The SMILES string of the molecule is CCCCCCN1N=CN(C#N)C1C. The molecule has 1 unspecified atom stereocenters. The van der Waals surface area contributed by atoms with Crippen LogP contribution in [0, 0.1) is 11.5 Å². The van der Waals surface area contributed by atoms with Crippen LogP contribution in [0.3, 0.4) is 0 Å². The summed E-state index contributed by atoms with van der Waals surface area (Å²) in [6.45, 7) is 5.15. The third-order valence-electron chi connectivity index (χ3n) is 2.51. The van der Waals surface area contributed by atoms with Crippen molar-refractivity contribution in [1.82, 2.24) is 9.91 Å². The smallest absolute Gasteiger partial charge is 0.187 e. The van der Waals surface area contributed by atoms with Crippen LogP contribution in [0.2, 0.25) is 0 Å². The minimum Gasteiger partial charge on any atom is -0.272 e. The van der Waals surface area contributed by atoms with E-state index < -0.39 is 0 Å². The molecule has 0 saturated heterocycles. The lowest BCUT2D eigenvalue weighted by atomic mass is 10.2. The monoisotopic (exact) mass is 194 g/mol. The van der Waals surface area contributed by atoms with Crippen LogP contribution < -0.4 is 0 Å². The highest BCUT2D eigenvalue weighted by Crippen LogP contribution is 2.12. The van der Waals surface area contributed by atoms with E-state index in [1.807, 2.05) is 11.9 Å². The van der Waals surface area contributed by atoms with Crippen LogP contribution in [0.4, 0.5) is 0 Å². The Kier molecular flexibility index (Phi) is 4.24. The summed E-state index contributed by atoms with van der Waals surface area (Å²) in [5.74, 6) is 0. The van der Waals surface area contributed by atoms with Gasteiger partial charge in [-0.3, -0.25) is 5.01 Å². The Bertz CT molecular complexity index is 231. The molecular formula is C10H18N4. The highest BCUT2D eigenvalue weighted by atomic mass is 15.6. The minimum atomic E-state index is 0.0987. The third kappa shape index (κ3) is 2.63. The molecule has 14 heavy (non-hydrogen) atoms. The summed E-state index contributed by atoms with van der Waals surface area (Å²) in [6.07, 6.45) is 8.74. The van der Waals surface area contributed by atoms with Gasteiger partial charge < -0.3 is 0 Å². The van der Waals surface area contributed by atoms with Gasteiger partial charge >= 0.3 is 0 Å². The molecule has 1 rings (SSSR count). The Hall–Kier alpha value is -1.24. The molecule has 0 amide bonds. The maximum absolute atomic E-state index is 8.72. The van der Waals surface area contributed by atoms with Crippen molar-refractivity contribution in [2.45, 2.75) is 45.7 Å². The lowest BCUT2D eigenvalue weighted by Crippen LogP contribution is -2.34. The molecule has 4 nitrogen and oxygen atoms in total. The van der Waals surface area contributed by atoms with Gasteiger partial charge in [0.1, 0.15) is 12.5 Å². The van der Waals surface area contributed by atoms with E-state index in [1.165, 1.54) is 19.3 Å². The molecule has 0 radical (unpaired) electrons. The van der Waals surface area contributed by atoms with Crippen molar-refractivity contribution < 1.29 is 0 Å². The molecule has 0 saturated carbocycles. The zero-order chi connectivity index (χ0) is 10.4. The van der Waals surface area contributed by atoms with E-state index in [2.05, 4.69) is 18.2 Å². The van der Waals surface area contributed by atoms with Crippen LogP contribution in [0.1, 0.15) is 39.5 Å². The predicted octanol–water partition coefficient (Wildman–Crippen LogP) is 1.95. The average molecular weight is 194 g/mol. The van der Waals surface area contributed by atoms with Crippen molar-refractivity contribution in [3.63, 3.8) is 0 Å². The van der Waals surface area contributed by atoms with Crippen molar-refractivity contribution in [2.75, 3.05) is 6.54 Å². The highest BCUT2D eigenvalue weighted by Gasteiger charge is 2.22. The van der Waals surface area contributed by atoms with Gasteiger partial charge in [-0.15, -0.1) is 0 Å². The first kappa shape index (κ1) is 10.8. The fourth-order valence-corrected chi connectivity index (χ4v) is 1.51. The first-order chi connectivity index (χ1) is 6.79. The van der Waals surface area contributed by atoms with Gasteiger partial charge in [-0.05, 0) is 13.3 Å². The van der Waals surface area contributed by atoms with Crippen molar-refractivity contribution in [3.05, 3.63) is 0 Å². The second-order valence-corrected chi connectivity index (χ2v) is 3.59. The Morgan fingerprint density at radius 2 is 2.21 bits per heavy atom. The standard InChI is InChI=1S/C10H18N4/c1-3-4-5-6-7-14-10(2)13(8-11)9-12-14/h9-10H,3-7H2,1-2H3. The molecule has 0 N–H and O–H groups in total. The predicted molar refractivity (Wildman–Crippen MR) is 56.3 cm³/mol. The average Bonchev–Trinajstić information content (AvgIpc) is 2.55. The molecule has 78 valence electrons. The van der Waals surface area contributed by atoms with E-state index in [-0.39, 0.29) is 6.17 Å².